The van der Waals surface area contributed by atoms with E-state index >= 15 is 0 Å². The Morgan fingerprint density at radius 3 is 2.46 bits per heavy atom. The van der Waals surface area contributed by atoms with Gasteiger partial charge in [0.05, 0.1) is 47.3 Å². The van der Waals surface area contributed by atoms with Crippen molar-refractivity contribution in [1.29, 1.82) is 0 Å². The lowest BCUT2D eigenvalue weighted by Crippen LogP contribution is -2.37. The van der Waals surface area contributed by atoms with Gasteiger partial charge in [-0.2, -0.15) is 5.10 Å². The summed E-state index contributed by atoms with van der Waals surface area (Å²) in [6, 6.07) is 21.8. The lowest BCUT2D eigenvalue weighted by molar-refractivity contribution is 0.0505. The molecule has 0 radical (unpaired) electrons. The number of aryl methyl sites for hydroxylation is 1. The van der Waals surface area contributed by atoms with Crippen molar-refractivity contribution < 1.29 is 19.0 Å². The molecule has 0 N–H and O–H groups in total. The molecule has 3 aromatic carbocycles. The maximum Gasteiger partial charge on any atom is 0.255 e. The van der Waals surface area contributed by atoms with Crippen LogP contribution < -0.4 is 9.47 Å². The minimum absolute atomic E-state index is 0.0540. The molecule has 1 aliphatic rings. The first kappa shape index (κ1) is 27.1. The van der Waals surface area contributed by atoms with E-state index in [9.17, 15) is 4.79 Å². The van der Waals surface area contributed by atoms with Crippen molar-refractivity contribution in [2.75, 3.05) is 20.3 Å². The molecule has 5 rings (SSSR count). The number of methoxy groups -OCH3 is 1. The molecule has 0 bridgehead atoms. The lowest BCUT2D eigenvalue weighted by Gasteiger charge is -2.26. The minimum Gasteiger partial charge on any atom is -0.493 e. The van der Waals surface area contributed by atoms with Gasteiger partial charge in [0.1, 0.15) is 0 Å². The maximum absolute atomic E-state index is 13.8. The van der Waals surface area contributed by atoms with Crippen molar-refractivity contribution in [3.63, 3.8) is 0 Å². The van der Waals surface area contributed by atoms with Crippen LogP contribution in [0.25, 0.3) is 5.69 Å². The fourth-order valence-corrected chi connectivity index (χ4v) is 4.98. The van der Waals surface area contributed by atoms with Gasteiger partial charge in [0, 0.05) is 18.2 Å². The second-order valence-electron chi connectivity index (χ2n) is 9.31. The van der Waals surface area contributed by atoms with E-state index in [1.165, 1.54) is 0 Å². The molecule has 1 atom stereocenters. The van der Waals surface area contributed by atoms with E-state index in [4.69, 9.17) is 42.5 Å². The van der Waals surface area contributed by atoms with Crippen molar-refractivity contribution in [2.24, 2.45) is 0 Å². The van der Waals surface area contributed by atoms with Gasteiger partial charge in [-0.25, -0.2) is 4.68 Å². The number of carbonyl (C=O) groups is 1. The third-order valence-corrected chi connectivity index (χ3v) is 7.25. The summed E-state index contributed by atoms with van der Waals surface area (Å²) in [4.78, 5) is 15.6. The summed E-state index contributed by atoms with van der Waals surface area (Å²) >= 11 is 12.6. The van der Waals surface area contributed by atoms with E-state index in [1.807, 2.05) is 55.5 Å². The zero-order valence-electron chi connectivity index (χ0n) is 21.8. The highest BCUT2D eigenvalue weighted by molar-refractivity contribution is 6.33. The first-order chi connectivity index (χ1) is 18.9. The van der Waals surface area contributed by atoms with E-state index in [1.54, 1.807) is 41.0 Å². The Hall–Kier alpha value is -3.52. The first-order valence-electron chi connectivity index (χ1n) is 12.8. The number of benzene rings is 3. The molecule has 4 aromatic rings. The van der Waals surface area contributed by atoms with Crippen molar-refractivity contribution in [3.05, 3.63) is 99.7 Å². The molecule has 0 saturated carbocycles. The Bertz CT molecular complexity index is 1450. The molecule has 1 amide bonds. The Kier molecular flexibility index (Phi) is 8.41. The number of nitrogens with zero attached hydrogens (tertiary/aromatic N) is 3. The van der Waals surface area contributed by atoms with Crippen molar-refractivity contribution >= 4 is 29.1 Å². The lowest BCUT2D eigenvalue weighted by atomic mass is 10.1. The molecule has 1 saturated heterocycles. The van der Waals surface area contributed by atoms with Crippen LogP contribution in [0.2, 0.25) is 10.0 Å². The van der Waals surface area contributed by atoms with Gasteiger partial charge < -0.3 is 19.1 Å². The van der Waals surface area contributed by atoms with Crippen LogP contribution in [0.5, 0.6) is 17.4 Å². The SMILES string of the molecule is COc1ccccc1Oc1c(CN(CC2CCCO2)C(=O)c2ccccc2Cl)c(C)nn1-c1ccc(Cl)cc1. The molecule has 1 unspecified atom stereocenters. The highest BCUT2D eigenvalue weighted by Gasteiger charge is 2.29. The second-order valence-corrected chi connectivity index (χ2v) is 10.2. The Balaban J connectivity index is 1.58. The molecular weight excluding hydrogens is 537 g/mol. The molecule has 0 aliphatic carbocycles. The zero-order chi connectivity index (χ0) is 27.4. The van der Waals surface area contributed by atoms with Crippen LogP contribution in [0.15, 0.2) is 72.8 Å². The van der Waals surface area contributed by atoms with Crippen LogP contribution in [0, 0.1) is 6.92 Å². The number of ether oxygens (including phenoxy) is 3. The number of hydrogen-bond acceptors (Lipinski definition) is 5. The minimum atomic E-state index is -0.182. The average molecular weight is 566 g/mol. The molecule has 9 heteroatoms. The molecule has 39 heavy (non-hydrogen) atoms. The van der Waals surface area contributed by atoms with Crippen LogP contribution in [0.1, 0.15) is 34.5 Å². The molecule has 202 valence electrons. The van der Waals surface area contributed by atoms with Gasteiger partial charge in [0.15, 0.2) is 11.5 Å². The monoisotopic (exact) mass is 565 g/mol. The Morgan fingerprint density at radius 2 is 1.77 bits per heavy atom. The fraction of sp³-hybridized carbons (Fsp3) is 0.267. The van der Waals surface area contributed by atoms with Crippen molar-refractivity contribution in [3.8, 4) is 23.1 Å². The van der Waals surface area contributed by atoms with E-state index in [0.29, 0.717) is 46.1 Å². The fourth-order valence-electron chi connectivity index (χ4n) is 4.64. The predicted octanol–water partition coefficient (Wildman–Crippen LogP) is 7.11. The molecule has 1 aromatic heterocycles. The maximum atomic E-state index is 13.8. The summed E-state index contributed by atoms with van der Waals surface area (Å²) in [5, 5.41) is 5.82. The third-order valence-electron chi connectivity index (χ3n) is 6.67. The average Bonchev–Trinajstić information content (AvgIpc) is 3.57. The van der Waals surface area contributed by atoms with Gasteiger partial charge in [-0.1, -0.05) is 47.5 Å². The van der Waals surface area contributed by atoms with E-state index in [-0.39, 0.29) is 18.6 Å². The number of rotatable bonds is 9. The number of aromatic nitrogens is 2. The van der Waals surface area contributed by atoms with Crippen LogP contribution in [-0.2, 0) is 11.3 Å². The van der Waals surface area contributed by atoms with Gasteiger partial charge in [-0.05, 0) is 68.3 Å². The Labute approximate surface area is 237 Å². The number of carbonyl (C=O) groups excluding carboxylic acids is 1. The number of hydrogen-bond donors (Lipinski definition) is 0. The molecular formula is C30H29Cl2N3O4. The molecule has 1 aliphatic heterocycles. The molecule has 2 heterocycles. The van der Waals surface area contributed by atoms with Gasteiger partial charge >= 0.3 is 0 Å². The zero-order valence-corrected chi connectivity index (χ0v) is 23.3. The molecule has 7 nitrogen and oxygen atoms in total. The summed E-state index contributed by atoms with van der Waals surface area (Å²) in [5.41, 5.74) is 2.68. The highest BCUT2D eigenvalue weighted by atomic mass is 35.5. The number of halogens is 2. The van der Waals surface area contributed by atoms with Gasteiger partial charge in [0.25, 0.3) is 5.91 Å². The normalized spacial score (nSPS) is 14.8. The molecule has 1 fully saturated rings. The van der Waals surface area contributed by atoms with Gasteiger partial charge in [-0.15, -0.1) is 0 Å². The van der Waals surface area contributed by atoms with Crippen molar-refractivity contribution in [2.45, 2.75) is 32.4 Å². The first-order valence-corrected chi connectivity index (χ1v) is 13.5. The van der Waals surface area contributed by atoms with Crippen molar-refractivity contribution in [1.82, 2.24) is 14.7 Å². The van der Waals surface area contributed by atoms with E-state index < -0.39 is 0 Å². The summed E-state index contributed by atoms with van der Waals surface area (Å²) in [7, 11) is 1.59. The van der Waals surface area contributed by atoms with Crippen LogP contribution in [0.3, 0.4) is 0 Å². The summed E-state index contributed by atoms with van der Waals surface area (Å²) in [5.74, 6) is 1.40. The second kappa shape index (κ2) is 12.1. The Morgan fingerprint density at radius 1 is 1.05 bits per heavy atom. The number of para-hydroxylation sites is 2. The standard InChI is InChI=1S/C30H29Cl2N3O4/c1-20-25(19-34(18-23-8-7-17-38-23)29(36)24-9-3-4-10-26(24)32)30(39-28-12-6-5-11-27(28)37-2)35(33-20)22-15-13-21(31)14-16-22/h3-6,9-16,23H,7-8,17-19H2,1-2H3. The van der Waals surface area contributed by atoms with Gasteiger partial charge in [-0.3, -0.25) is 4.79 Å². The van der Waals surface area contributed by atoms with Gasteiger partial charge in [0.2, 0.25) is 5.88 Å². The quantitative estimate of drug-likeness (QED) is 0.216. The summed E-state index contributed by atoms with van der Waals surface area (Å²) < 4.78 is 19.7. The topological polar surface area (TPSA) is 65.8 Å². The number of amides is 1. The smallest absolute Gasteiger partial charge is 0.255 e. The summed E-state index contributed by atoms with van der Waals surface area (Å²) in [6.45, 7) is 3.26. The van der Waals surface area contributed by atoms with Crippen LogP contribution >= 0.6 is 23.2 Å². The van der Waals surface area contributed by atoms with E-state index in [2.05, 4.69) is 0 Å². The molecule has 0 spiro atoms. The largest absolute Gasteiger partial charge is 0.493 e. The highest BCUT2D eigenvalue weighted by Crippen LogP contribution is 2.36. The third kappa shape index (κ3) is 6.06. The van der Waals surface area contributed by atoms with Crippen LogP contribution in [0.4, 0.5) is 0 Å². The summed E-state index contributed by atoms with van der Waals surface area (Å²) in [6.07, 6.45) is 1.80. The van der Waals surface area contributed by atoms with Crippen LogP contribution in [-0.4, -0.2) is 47.0 Å². The predicted molar refractivity (Wildman–Crippen MR) is 152 cm³/mol. The van der Waals surface area contributed by atoms with E-state index in [0.717, 1.165) is 29.8 Å².